The fraction of sp³-hybridized carbons (Fsp3) is 0. The molecule has 0 unspecified atom stereocenters. The molecule has 1 amide bonds. The zero-order valence-corrected chi connectivity index (χ0v) is 11.9. The van der Waals surface area contributed by atoms with E-state index in [4.69, 9.17) is 11.6 Å². The average molecular weight is 323 g/mol. The Hall–Kier alpha value is -2.45. The van der Waals surface area contributed by atoms with Gasteiger partial charge in [0.2, 0.25) is 0 Å². The van der Waals surface area contributed by atoms with E-state index in [-0.39, 0.29) is 14.9 Å². The number of H-pyrrole nitrogens is 1. The van der Waals surface area contributed by atoms with E-state index in [1.165, 1.54) is 6.07 Å². The molecule has 21 heavy (non-hydrogen) atoms. The minimum Gasteiger partial charge on any atom is -0.321 e. The predicted octanol–water partition coefficient (Wildman–Crippen LogP) is 3.44. The fourth-order valence-electron chi connectivity index (χ4n) is 1.81. The molecule has 0 aliphatic rings. The molecule has 0 radical (unpaired) electrons. The summed E-state index contributed by atoms with van der Waals surface area (Å²) in [4.78, 5) is 22.4. The number of aromatic amines is 1. The third kappa shape index (κ3) is 2.58. The molecule has 2 aromatic heterocycles. The van der Waals surface area contributed by atoms with Gasteiger partial charge in [0.1, 0.15) is 4.88 Å². The molecule has 3 rings (SSSR count). The molecule has 0 atom stereocenters. The summed E-state index contributed by atoms with van der Waals surface area (Å²) < 4.78 is -0.0181. The number of aromatic nitrogens is 2. The van der Waals surface area contributed by atoms with E-state index < -0.39 is 10.8 Å². The van der Waals surface area contributed by atoms with Crippen LogP contribution < -0.4 is 5.32 Å². The minimum absolute atomic E-state index is 0.0181. The van der Waals surface area contributed by atoms with Crippen molar-refractivity contribution in [2.75, 3.05) is 5.32 Å². The quantitative estimate of drug-likeness (QED) is 0.569. The Labute approximate surface area is 126 Å². The molecule has 0 bridgehead atoms. The zero-order chi connectivity index (χ0) is 15.0. The number of carbonyl (C=O) groups excluding carboxylic acids is 1. The van der Waals surface area contributed by atoms with Crippen LogP contribution in [0, 0.1) is 10.1 Å². The van der Waals surface area contributed by atoms with E-state index in [1.54, 1.807) is 24.4 Å². The number of hydrogen-bond donors (Lipinski definition) is 2. The molecule has 106 valence electrons. The molecule has 9 heteroatoms. The summed E-state index contributed by atoms with van der Waals surface area (Å²) in [6.07, 6.45) is 1.64. The standard InChI is InChI=1S/C12H7ClN4O3S/c13-11-9(17(19)20)4-10(21-11)12(18)15-7-1-2-8-6(3-7)5-14-16-8/h1-5H,(H,14,16)(H,15,18). The molecule has 0 aliphatic heterocycles. The lowest BCUT2D eigenvalue weighted by Gasteiger charge is -2.02. The van der Waals surface area contributed by atoms with Crippen molar-refractivity contribution in [1.82, 2.24) is 10.2 Å². The van der Waals surface area contributed by atoms with Gasteiger partial charge >= 0.3 is 0 Å². The monoisotopic (exact) mass is 322 g/mol. The Morgan fingerprint density at radius 1 is 1.43 bits per heavy atom. The summed E-state index contributed by atoms with van der Waals surface area (Å²) in [5.41, 5.74) is 1.15. The Kier molecular flexibility index (Phi) is 3.32. The molecule has 7 nitrogen and oxygen atoms in total. The number of fused-ring (bicyclic) bond motifs is 1. The number of hydrogen-bond acceptors (Lipinski definition) is 5. The lowest BCUT2D eigenvalue weighted by Crippen LogP contribution is -2.09. The van der Waals surface area contributed by atoms with E-state index in [0.29, 0.717) is 5.69 Å². The van der Waals surface area contributed by atoms with Gasteiger partial charge in [0.15, 0.2) is 4.34 Å². The number of nitrogens with one attached hydrogen (secondary N) is 2. The van der Waals surface area contributed by atoms with Crippen LogP contribution in [0.2, 0.25) is 4.34 Å². The van der Waals surface area contributed by atoms with Gasteiger partial charge in [-0.3, -0.25) is 20.0 Å². The molecule has 0 aliphatic carbocycles. The highest BCUT2D eigenvalue weighted by Crippen LogP contribution is 2.34. The zero-order valence-electron chi connectivity index (χ0n) is 10.3. The first kappa shape index (κ1) is 13.5. The van der Waals surface area contributed by atoms with Crippen molar-refractivity contribution in [1.29, 1.82) is 0 Å². The molecule has 0 saturated carbocycles. The second-order valence-corrected chi connectivity index (χ2v) is 5.81. The molecule has 2 heterocycles. The van der Waals surface area contributed by atoms with Crippen molar-refractivity contribution in [2.24, 2.45) is 0 Å². The Morgan fingerprint density at radius 3 is 2.95 bits per heavy atom. The summed E-state index contributed by atoms with van der Waals surface area (Å²) >= 11 is 6.60. The van der Waals surface area contributed by atoms with E-state index in [0.717, 1.165) is 22.2 Å². The van der Waals surface area contributed by atoms with Gasteiger partial charge in [0, 0.05) is 17.1 Å². The highest BCUT2D eigenvalue weighted by atomic mass is 35.5. The maximum absolute atomic E-state index is 12.1. The summed E-state index contributed by atoms with van der Waals surface area (Å²) in [5, 5.41) is 20.9. The molecule has 3 aromatic rings. The number of amides is 1. The predicted molar refractivity (Wildman–Crippen MR) is 80.0 cm³/mol. The van der Waals surface area contributed by atoms with E-state index in [9.17, 15) is 14.9 Å². The maximum Gasteiger partial charge on any atom is 0.299 e. The SMILES string of the molecule is O=C(Nc1ccc2[nH]ncc2c1)c1cc([N+](=O)[O-])c(Cl)s1. The van der Waals surface area contributed by atoms with Gasteiger partial charge in [-0.25, -0.2) is 0 Å². The topological polar surface area (TPSA) is 101 Å². The Balaban J connectivity index is 1.85. The number of thiophene rings is 1. The van der Waals surface area contributed by atoms with Crippen LogP contribution in [0.15, 0.2) is 30.5 Å². The third-order valence-electron chi connectivity index (χ3n) is 2.79. The van der Waals surface area contributed by atoms with Crippen LogP contribution in [0.25, 0.3) is 10.9 Å². The molecule has 2 N–H and O–H groups in total. The van der Waals surface area contributed by atoms with Gasteiger partial charge in [-0.05, 0) is 18.2 Å². The molecular formula is C12H7ClN4O3S. The Bertz CT molecular complexity index is 857. The van der Waals surface area contributed by atoms with Crippen LogP contribution in [-0.4, -0.2) is 21.0 Å². The second kappa shape index (κ2) is 5.15. The maximum atomic E-state index is 12.1. The van der Waals surface area contributed by atoms with Crippen LogP contribution in [-0.2, 0) is 0 Å². The second-order valence-electron chi connectivity index (χ2n) is 4.15. The van der Waals surface area contributed by atoms with Crippen LogP contribution in [0.4, 0.5) is 11.4 Å². The lowest BCUT2D eigenvalue weighted by atomic mass is 10.2. The average Bonchev–Trinajstić information content (AvgIpc) is 3.04. The highest BCUT2D eigenvalue weighted by Gasteiger charge is 2.21. The normalized spacial score (nSPS) is 10.7. The number of nitrogens with zero attached hydrogens (tertiary/aromatic N) is 2. The third-order valence-corrected chi connectivity index (χ3v) is 4.12. The first-order valence-electron chi connectivity index (χ1n) is 5.73. The van der Waals surface area contributed by atoms with Gasteiger partial charge in [-0.1, -0.05) is 11.6 Å². The number of anilines is 1. The number of rotatable bonds is 3. The first-order valence-corrected chi connectivity index (χ1v) is 6.92. The van der Waals surface area contributed by atoms with E-state index >= 15 is 0 Å². The van der Waals surface area contributed by atoms with Gasteiger partial charge in [0.25, 0.3) is 11.6 Å². The summed E-state index contributed by atoms with van der Waals surface area (Å²) in [6.45, 7) is 0. The molecule has 0 spiro atoms. The van der Waals surface area contributed by atoms with E-state index in [1.807, 2.05) is 0 Å². The van der Waals surface area contributed by atoms with Crippen molar-refractivity contribution in [2.45, 2.75) is 0 Å². The van der Waals surface area contributed by atoms with Crippen molar-refractivity contribution in [3.05, 3.63) is 49.8 Å². The van der Waals surface area contributed by atoms with Gasteiger partial charge < -0.3 is 5.32 Å². The number of nitro groups is 1. The van der Waals surface area contributed by atoms with Crippen molar-refractivity contribution >= 4 is 51.1 Å². The smallest absolute Gasteiger partial charge is 0.299 e. The molecule has 1 aromatic carbocycles. The van der Waals surface area contributed by atoms with Gasteiger partial charge in [-0.2, -0.15) is 5.10 Å². The van der Waals surface area contributed by atoms with Gasteiger partial charge in [-0.15, -0.1) is 11.3 Å². The largest absolute Gasteiger partial charge is 0.321 e. The number of halogens is 1. The van der Waals surface area contributed by atoms with Crippen molar-refractivity contribution in [3.63, 3.8) is 0 Å². The fourth-order valence-corrected chi connectivity index (χ4v) is 2.93. The minimum atomic E-state index is -0.618. The highest BCUT2D eigenvalue weighted by molar-refractivity contribution is 7.18. The van der Waals surface area contributed by atoms with Crippen LogP contribution in [0.3, 0.4) is 0 Å². The van der Waals surface area contributed by atoms with Crippen LogP contribution in [0.5, 0.6) is 0 Å². The lowest BCUT2D eigenvalue weighted by molar-refractivity contribution is -0.384. The first-order chi connectivity index (χ1) is 10.0. The summed E-state index contributed by atoms with van der Waals surface area (Å²) in [5.74, 6) is -0.446. The number of benzene rings is 1. The molecule has 0 saturated heterocycles. The van der Waals surface area contributed by atoms with E-state index in [2.05, 4.69) is 15.5 Å². The molecule has 0 fully saturated rings. The summed E-state index contributed by atoms with van der Waals surface area (Å²) in [6, 6.07) is 6.41. The van der Waals surface area contributed by atoms with Crippen LogP contribution in [0.1, 0.15) is 9.67 Å². The van der Waals surface area contributed by atoms with Crippen molar-refractivity contribution in [3.8, 4) is 0 Å². The summed E-state index contributed by atoms with van der Waals surface area (Å²) in [7, 11) is 0. The molecular weight excluding hydrogens is 316 g/mol. The number of carbonyl (C=O) groups is 1. The van der Waals surface area contributed by atoms with Crippen LogP contribution >= 0.6 is 22.9 Å². The van der Waals surface area contributed by atoms with Crippen molar-refractivity contribution < 1.29 is 9.72 Å². The Morgan fingerprint density at radius 2 is 2.24 bits per heavy atom. The van der Waals surface area contributed by atoms with Gasteiger partial charge in [0.05, 0.1) is 16.6 Å².